The summed E-state index contributed by atoms with van der Waals surface area (Å²) in [6.07, 6.45) is 2.14. The van der Waals surface area contributed by atoms with Crippen molar-refractivity contribution in [1.29, 1.82) is 0 Å². The zero-order valence-electron chi connectivity index (χ0n) is 13.5. The van der Waals surface area contributed by atoms with E-state index in [1.165, 1.54) is 10.9 Å². The van der Waals surface area contributed by atoms with Gasteiger partial charge < -0.3 is 19.4 Å². The third kappa shape index (κ3) is 2.78. The predicted molar refractivity (Wildman–Crippen MR) is 98.6 cm³/mol. The second kappa shape index (κ2) is 6.49. The first-order valence-corrected chi connectivity index (χ1v) is 8.88. The first kappa shape index (κ1) is 15.5. The molecule has 5 heteroatoms. The van der Waals surface area contributed by atoms with Gasteiger partial charge in [-0.2, -0.15) is 0 Å². The van der Waals surface area contributed by atoms with E-state index in [4.69, 9.17) is 9.47 Å². The Hall–Kier alpha value is -1.98. The molecule has 1 N–H and O–H groups in total. The number of fused-ring (bicyclic) bond motifs is 2. The van der Waals surface area contributed by atoms with Crippen LogP contribution in [0, 0.1) is 0 Å². The van der Waals surface area contributed by atoms with Gasteiger partial charge in [-0.25, -0.2) is 0 Å². The van der Waals surface area contributed by atoms with Crippen molar-refractivity contribution in [3.63, 3.8) is 0 Å². The van der Waals surface area contributed by atoms with Crippen LogP contribution in [0.15, 0.2) is 53.1 Å². The lowest BCUT2D eigenvalue weighted by atomic mass is 10.1. The lowest BCUT2D eigenvalue weighted by Crippen LogP contribution is -2.23. The summed E-state index contributed by atoms with van der Waals surface area (Å²) in [5, 5.41) is 4.83. The number of nitrogens with zero attached hydrogens (tertiary/aromatic N) is 1. The van der Waals surface area contributed by atoms with Crippen molar-refractivity contribution in [2.45, 2.75) is 19.5 Å². The van der Waals surface area contributed by atoms with Gasteiger partial charge in [-0.3, -0.25) is 0 Å². The zero-order valence-corrected chi connectivity index (χ0v) is 15.0. The summed E-state index contributed by atoms with van der Waals surface area (Å²) in [7, 11) is 0. The number of benzene rings is 2. The van der Waals surface area contributed by atoms with Gasteiger partial charge >= 0.3 is 0 Å². The van der Waals surface area contributed by atoms with Crippen molar-refractivity contribution in [2.75, 3.05) is 13.3 Å². The topological polar surface area (TPSA) is 35.4 Å². The van der Waals surface area contributed by atoms with Crippen molar-refractivity contribution >= 4 is 26.8 Å². The molecule has 0 radical (unpaired) electrons. The fourth-order valence-corrected chi connectivity index (χ4v) is 3.67. The van der Waals surface area contributed by atoms with Crippen molar-refractivity contribution < 1.29 is 9.47 Å². The molecule has 0 bridgehead atoms. The summed E-state index contributed by atoms with van der Waals surface area (Å²) in [4.78, 5) is 0. The first-order valence-electron chi connectivity index (χ1n) is 8.09. The van der Waals surface area contributed by atoms with Crippen LogP contribution in [0.5, 0.6) is 11.5 Å². The molecule has 1 atom stereocenters. The maximum Gasteiger partial charge on any atom is 0.231 e. The molecule has 0 fully saturated rings. The van der Waals surface area contributed by atoms with Crippen LogP contribution in [0.3, 0.4) is 0 Å². The van der Waals surface area contributed by atoms with Gasteiger partial charge in [-0.05, 0) is 31.2 Å². The van der Waals surface area contributed by atoms with E-state index in [1.54, 1.807) is 0 Å². The fraction of sp³-hybridized carbons (Fsp3) is 0.263. The van der Waals surface area contributed by atoms with Crippen LogP contribution in [-0.2, 0) is 6.54 Å². The standard InChI is InChI=1S/C19H19BrN2O2/c1-13(14-4-2-7-18-19(14)24-12-23-18)21-9-11-22-10-8-15-16(20)5-3-6-17(15)22/h2-8,10,13,21H,9,11-12H2,1H3. The molecule has 0 saturated heterocycles. The van der Waals surface area contributed by atoms with Gasteiger partial charge in [-0.15, -0.1) is 0 Å². The summed E-state index contributed by atoms with van der Waals surface area (Å²) in [6.45, 7) is 4.25. The molecule has 3 aromatic rings. The Labute approximate surface area is 149 Å². The molecule has 124 valence electrons. The number of rotatable bonds is 5. The molecular weight excluding hydrogens is 368 g/mol. The highest BCUT2D eigenvalue weighted by Crippen LogP contribution is 2.38. The molecule has 0 amide bonds. The summed E-state index contributed by atoms with van der Waals surface area (Å²) in [5.41, 5.74) is 2.39. The summed E-state index contributed by atoms with van der Waals surface area (Å²) in [6, 6.07) is 14.7. The molecule has 0 saturated carbocycles. The van der Waals surface area contributed by atoms with Gasteiger partial charge in [0.1, 0.15) is 0 Å². The lowest BCUT2D eigenvalue weighted by molar-refractivity contribution is 0.173. The van der Waals surface area contributed by atoms with E-state index in [0.29, 0.717) is 6.79 Å². The Balaban J connectivity index is 1.44. The van der Waals surface area contributed by atoms with Crippen LogP contribution < -0.4 is 14.8 Å². The number of para-hydroxylation sites is 1. The molecule has 1 aromatic heterocycles. The van der Waals surface area contributed by atoms with Gasteiger partial charge in [0.15, 0.2) is 11.5 Å². The van der Waals surface area contributed by atoms with Crippen LogP contribution in [-0.4, -0.2) is 17.9 Å². The van der Waals surface area contributed by atoms with E-state index >= 15 is 0 Å². The van der Waals surface area contributed by atoms with E-state index in [0.717, 1.165) is 34.6 Å². The molecule has 2 aromatic carbocycles. The minimum absolute atomic E-state index is 0.204. The van der Waals surface area contributed by atoms with Gasteiger partial charge in [0, 0.05) is 46.3 Å². The third-order valence-corrected chi connectivity index (χ3v) is 5.15. The summed E-state index contributed by atoms with van der Waals surface area (Å²) >= 11 is 3.61. The average molecular weight is 387 g/mol. The molecule has 0 aliphatic carbocycles. The Morgan fingerprint density at radius 2 is 2.04 bits per heavy atom. The van der Waals surface area contributed by atoms with Crippen LogP contribution in [0.4, 0.5) is 0 Å². The van der Waals surface area contributed by atoms with E-state index in [9.17, 15) is 0 Å². The fourth-order valence-electron chi connectivity index (χ4n) is 3.19. The first-order chi connectivity index (χ1) is 11.7. The minimum Gasteiger partial charge on any atom is -0.454 e. The monoisotopic (exact) mass is 386 g/mol. The van der Waals surface area contributed by atoms with Gasteiger partial charge in [-0.1, -0.05) is 34.1 Å². The zero-order chi connectivity index (χ0) is 16.5. The van der Waals surface area contributed by atoms with Crippen molar-refractivity contribution in [1.82, 2.24) is 9.88 Å². The van der Waals surface area contributed by atoms with E-state index < -0.39 is 0 Å². The highest BCUT2D eigenvalue weighted by Gasteiger charge is 2.20. The Morgan fingerprint density at radius 3 is 2.96 bits per heavy atom. The number of hydrogen-bond acceptors (Lipinski definition) is 3. The van der Waals surface area contributed by atoms with Crippen molar-refractivity contribution in [3.05, 3.63) is 58.7 Å². The van der Waals surface area contributed by atoms with Crippen LogP contribution in [0.2, 0.25) is 0 Å². The van der Waals surface area contributed by atoms with Crippen LogP contribution >= 0.6 is 15.9 Å². The quantitative estimate of drug-likeness (QED) is 0.701. The molecule has 4 nitrogen and oxygen atoms in total. The third-order valence-electron chi connectivity index (χ3n) is 4.46. The summed E-state index contributed by atoms with van der Waals surface area (Å²) in [5.74, 6) is 1.70. The summed E-state index contributed by atoms with van der Waals surface area (Å²) < 4.78 is 14.5. The smallest absolute Gasteiger partial charge is 0.231 e. The molecule has 4 rings (SSSR count). The molecule has 24 heavy (non-hydrogen) atoms. The van der Waals surface area contributed by atoms with Gasteiger partial charge in [0.2, 0.25) is 6.79 Å². The van der Waals surface area contributed by atoms with Crippen LogP contribution in [0.25, 0.3) is 10.9 Å². The average Bonchev–Trinajstić information content (AvgIpc) is 3.22. The normalized spacial score (nSPS) is 14.2. The van der Waals surface area contributed by atoms with Crippen molar-refractivity contribution in [2.24, 2.45) is 0 Å². The van der Waals surface area contributed by atoms with E-state index in [-0.39, 0.29) is 6.04 Å². The molecule has 0 spiro atoms. The maximum atomic E-state index is 5.60. The molecule has 2 heterocycles. The molecule has 1 aliphatic rings. The SMILES string of the molecule is CC(NCCn1ccc2c(Br)cccc21)c1cccc2c1OCO2. The maximum absolute atomic E-state index is 5.60. The Kier molecular flexibility index (Phi) is 4.21. The largest absolute Gasteiger partial charge is 0.454 e. The lowest BCUT2D eigenvalue weighted by Gasteiger charge is -2.16. The minimum atomic E-state index is 0.204. The van der Waals surface area contributed by atoms with Gasteiger partial charge in [0.25, 0.3) is 0 Å². The molecule has 1 unspecified atom stereocenters. The second-order valence-electron chi connectivity index (χ2n) is 5.94. The number of aromatic nitrogens is 1. The second-order valence-corrected chi connectivity index (χ2v) is 6.79. The van der Waals surface area contributed by atoms with E-state index in [2.05, 4.69) is 69.3 Å². The number of nitrogens with one attached hydrogen (secondary N) is 1. The van der Waals surface area contributed by atoms with E-state index in [1.807, 2.05) is 12.1 Å². The van der Waals surface area contributed by atoms with Crippen molar-refractivity contribution in [3.8, 4) is 11.5 Å². The number of hydrogen-bond donors (Lipinski definition) is 1. The number of ether oxygens (including phenoxy) is 2. The van der Waals surface area contributed by atoms with Crippen LogP contribution in [0.1, 0.15) is 18.5 Å². The predicted octanol–water partition coefficient (Wildman–Crippen LogP) is 4.48. The highest BCUT2D eigenvalue weighted by atomic mass is 79.9. The Morgan fingerprint density at radius 1 is 1.17 bits per heavy atom. The van der Waals surface area contributed by atoms with Gasteiger partial charge in [0.05, 0.1) is 0 Å². The molecular formula is C19H19BrN2O2. The number of halogens is 1. The molecule has 1 aliphatic heterocycles. The Bertz CT molecular complexity index is 875. The highest BCUT2D eigenvalue weighted by molar-refractivity contribution is 9.10.